The Labute approximate surface area is 160 Å². The number of rotatable bonds is 6. The molecule has 2 aromatic carbocycles. The molecule has 3 aromatic rings. The van der Waals surface area contributed by atoms with Gasteiger partial charge in [-0.2, -0.15) is 5.10 Å². The lowest BCUT2D eigenvalue weighted by molar-refractivity contribution is -0.121. The molecule has 3 rings (SSSR count). The fourth-order valence-electron chi connectivity index (χ4n) is 2.57. The third kappa shape index (κ3) is 4.73. The zero-order chi connectivity index (χ0) is 19.9. The van der Waals surface area contributed by atoms with Crippen molar-refractivity contribution < 1.29 is 18.7 Å². The van der Waals surface area contributed by atoms with Gasteiger partial charge in [0.1, 0.15) is 5.69 Å². The van der Waals surface area contributed by atoms with Gasteiger partial charge in [0.15, 0.2) is 11.6 Å². The lowest BCUT2D eigenvalue weighted by atomic mass is 10.1. The molecule has 1 heterocycles. The van der Waals surface area contributed by atoms with Crippen LogP contribution in [0.5, 0.6) is 5.75 Å². The monoisotopic (exact) mass is 382 g/mol. The van der Waals surface area contributed by atoms with E-state index >= 15 is 0 Å². The van der Waals surface area contributed by atoms with Crippen LogP contribution in [0.1, 0.15) is 22.5 Å². The molecule has 0 atom stereocenters. The van der Waals surface area contributed by atoms with Crippen LogP contribution >= 0.6 is 0 Å². The molecule has 8 heteroatoms. The Morgan fingerprint density at radius 2 is 1.89 bits per heavy atom. The van der Waals surface area contributed by atoms with Gasteiger partial charge >= 0.3 is 0 Å². The Kier molecular flexibility index (Phi) is 6.01. The second-order valence-electron chi connectivity index (χ2n) is 6.00. The first-order valence-corrected chi connectivity index (χ1v) is 8.59. The Bertz CT molecular complexity index is 973. The summed E-state index contributed by atoms with van der Waals surface area (Å²) in [5.41, 5.74) is 7.02. The number of halogens is 1. The van der Waals surface area contributed by atoms with Gasteiger partial charge in [0.2, 0.25) is 5.91 Å². The third-order valence-electron chi connectivity index (χ3n) is 4.06. The van der Waals surface area contributed by atoms with E-state index in [-0.39, 0.29) is 17.9 Å². The van der Waals surface area contributed by atoms with Crippen LogP contribution in [0.25, 0.3) is 11.3 Å². The summed E-state index contributed by atoms with van der Waals surface area (Å²) in [6, 6.07) is 15.5. The number of hydrogen-bond donors (Lipinski definition) is 3. The van der Waals surface area contributed by atoms with Crippen molar-refractivity contribution in [2.75, 3.05) is 7.11 Å². The second kappa shape index (κ2) is 8.81. The number of hydrogen-bond acceptors (Lipinski definition) is 4. The molecule has 0 unspecified atom stereocenters. The summed E-state index contributed by atoms with van der Waals surface area (Å²) in [6.45, 7) is 0. The average Bonchev–Trinajstić information content (AvgIpc) is 3.21. The van der Waals surface area contributed by atoms with Gasteiger partial charge in [-0.3, -0.25) is 25.5 Å². The van der Waals surface area contributed by atoms with Crippen LogP contribution in [-0.2, 0) is 11.2 Å². The van der Waals surface area contributed by atoms with Gasteiger partial charge < -0.3 is 4.74 Å². The van der Waals surface area contributed by atoms with Crippen LogP contribution in [0.2, 0.25) is 0 Å². The summed E-state index contributed by atoms with van der Waals surface area (Å²) in [7, 11) is 1.39. The van der Waals surface area contributed by atoms with E-state index in [0.717, 1.165) is 5.56 Å². The lowest BCUT2D eigenvalue weighted by Gasteiger charge is -2.07. The first-order chi connectivity index (χ1) is 13.6. The zero-order valence-electron chi connectivity index (χ0n) is 15.2. The summed E-state index contributed by atoms with van der Waals surface area (Å²) in [5, 5.41) is 6.72. The molecule has 0 bridgehead atoms. The van der Waals surface area contributed by atoms with Crippen molar-refractivity contribution in [3.05, 3.63) is 71.7 Å². The van der Waals surface area contributed by atoms with Crippen molar-refractivity contribution in [2.24, 2.45) is 0 Å². The van der Waals surface area contributed by atoms with Gasteiger partial charge in [-0.05, 0) is 30.2 Å². The standard InChI is InChI=1S/C20H19FN4O3/c1-28-18-9-7-13(11-15(18)21)8-10-19(26)24-25-20(27)17-12-16(22-23-17)14-5-3-2-4-6-14/h2-7,9,11-12H,8,10H2,1H3,(H,22,23)(H,24,26)(H,25,27). The van der Waals surface area contributed by atoms with Crippen molar-refractivity contribution in [1.82, 2.24) is 21.0 Å². The summed E-state index contributed by atoms with van der Waals surface area (Å²) in [6.07, 6.45) is 0.412. The van der Waals surface area contributed by atoms with E-state index in [1.807, 2.05) is 30.3 Å². The maximum Gasteiger partial charge on any atom is 0.287 e. The molecule has 3 N–H and O–H groups in total. The van der Waals surface area contributed by atoms with Gasteiger partial charge in [-0.15, -0.1) is 0 Å². The van der Waals surface area contributed by atoms with E-state index in [1.54, 1.807) is 12.1 Å². The molecule has 0 saturated carbocycles. The number of H-pyrrole nitrogens is 1. The van der Waals surface area contributed by atoms with Crippen LogP contribution in [-0.4, -0.2) is 29.1 Å². The molecule has 0 radical (unpaired) electrons. The highest BCUT2D eigenvalue weighted by Gasteiger charge is 2.12. The molecular weight excluding hydrogens is 363 g/mol. The van der Waals surface area contributed by atoms with Gasteiger partial charge in [0.05, 0.1) is 12.8 Å². The minimum Gasteiger partial charge on any atom is -0.494 e. The molecule has 144 valence electrons. The lowest BCUT2D eigenvalue weighted by Crippen LogP contribution is -2.41. The third-order valence-corrected chi connectivity index (χ3v) is 4.06. The van der Waals surface area contributed by atoms with Gasteiger partial charge in [0.25, 0.3) is 5.91 Å². The van der Waals surface area contributed by atoms with Crippen molar-refractivity contribution in [1.29, 1.82) is 0 Å². The highest BCUT2D eigenvalue weighted by Crippen LogP contribution is 2.18. The Hall–Kier alpha value is -3.68. The van der Waals surface area contributed by atoms with Gasteiger partial charge in [-0.25, -0.2) is 4.39 Å². The summed E-state index contributed by atoms with van der Waals surface area (Å²) in [4.78, 5) is 24.0. The number of carbonyl (C=O) groups excluding carboxylic acids is 2. The number of aryl methyl sites for hydroxylation is 1. The van der Waals surface area contributed by atoms with Crippen LogP contribution in [0.4, 0.5) is 4.39 Å². The highest BCUT2D eigenvalue weighted by atomic mass is 19.1. The molecule has 0 aliphatic heterocycles. The quantitative estimate of drug-likeness (QED) is 0.571. The van der Waals surface area contributed by atoms with Crippen LogP contribution in [0.15, 0.2) is 54.6 Å². The number of hydrazine groups is 1. The number of aromatic amines is 1. The fourth-order valence-corrected chi connectivity index (χ4v) is 2.57. The second-order valence-corrected chi connectivity index (χ2v) is 6.00. The minimum atomic E-state index is -0.515. The number of carbonyl (C=O) groups is 2. The molecule has 0 fully saturated rings. The van der Waals surface area contributed by atoms with Crippen molar-refractivity contribution in [3.63, 3.8) is 0 Å². The fraction of sp³-hybridized carbons (Fsp3) is 0.150. The molecule has 7 nitrogen and oxygen atoms in total. The number of nitrogens with one attached hydrogen (secondary N) is 3. The SMILES string of the molecule is COc1ccc(CCC(=O)NNC(=O)c2cc(-c3ccccc3)n[nH]2)cc1F. The molecule has 0 aliphatic rings. The average molecular weight is 382 g/mol. The molecule has 2 amide bonds. The number of amides is 2. The molecule has 0 saturated heterocycles. The van der Waals surface area contributed by atoms with E-state index in [4.69, 9.17) is 4.74 Å². The maximum atomic E-state index is 13.6. The van der Waals surface area contributed by atoms with Crippen molar-refractivity contribution in [3.8, 4) is 17.0 Å². The van der Waals surface area contributed by atoms with E-state index in [0.29, 0.717) is 17.7 Å². The predicted octanol–water partition coefficient (Wildman–Crippen LogP) is 2.62. The van der Waals surface area contributed by atoms with Crippen molar-refractivity contribution >= 4 is 11.8 Å². The maximum absolute atomic E-state index is 13.6. The molecule has 0 spiro atoms. The largest absolute Gasteiger partial charge is 0.494 e. The predicted molar refractivity (Wildman–Crippen MR) is 101 cm³/mol. The molecule has 0 aliphatic carbocycles. The Morgan fingerprint density at radius 3 is 2.61 bits per heavy atom. The summed E-state index contributed by atoms with van der Waals surface area (Å²) < 4.78 is 18.5. The van der Waals surface area contributed by atoms with E-state index < -0.39 is 17.6 Å². The number of nitrogens with zero attached hydrogens (tertiary/aromatic N) is 1. The topological polar surface area (TPSA) is 96.1 Å². The van der Waals surface area contributed by atoms with Gasteiger partial charge in [-0.1, -0.05) is 36.4 Å². The molecule has 1 aromatic heterocycles. The zero-order valence-corrected chi connectivity index (χ0v) is 15.2. The molecule has 28 heavy (non-hydrogen) atoms. The van der Waals surface area contributed by atoms with E-state index in [2.05, 4.69) is 21.0 Å². The van der Waals surface area contributed by atoms with Crippen LogP contribution in [0.3, 0.4) is 0 Å². The van der Waals surface area contributed by atoms with Crippen LogP contribution in [0, 0.1) is 5.82 Å². The van der Waals surface area contributed by atoms with E-state index in [1.165, 1.54) is 19.2 Å². The Morgan fingerprint density at radius 1 is 1.11 bits per heavy atom. The normalized spacial score (nSPS) is 10.4. The number of methoxy groups -OCH3 is 1. The smallest absolute Gasteiger partial charge is 0.287 e. The highest BCUT2D eigenvalue weighted by molar-refractivity contribution is 5.94. The Balaban J connectivity index is 1.48. The van der Waals surface area contributed by atoms with Crippen LogP contribution < -0.4 is 15.6 Å². The summed E-state index contributed by atoms with van der Waals surface area (Å²) >= 11 is 0. The number of aromatic nitrogens is 2. The first-order valence-electron chi connectivity index (χ1n) is 8.59. The minimum absolute atomic E-state index is 0.0876. The first kappa shape index (κ1) is 19.1. The summed E-state index contributed by atoms with van der Waals surface area (Å²) in [5.74, 6) is -1.25. The molecular formula is C20H19FN4O3. The van der Waals surface area contributed by atoms with Crippen molar-refractivity contribution in [2.45, 2.75) is 12.8 Å². The van der Waals surface area contributed by atoms with Gasteiger partial charge in [0, 0.05) is 12.0 Å². The number of benzene rings is 2. The van der Waals surface area contributed by atoms with E-state index in [9.17, 15) is 14.0 Å². The number of ether oxygens (including phenoxy) is 1.